The maximum Gasteiger partial charge on any atom is 0.142 e. The Kier molecular flexibility index (Phi) is 2.97. The van der Waals surface area contributed by atoms with Crippen molar-refractivity contribution in [3.63, 3.8) is 0 Å². The molecule has 0 aliphatic rings. The monoisotopic (exact) mass is 217 g/mol. The van der Waals surface area contributed by atoms with E-state index in [1.807, 2.05) is 25.1 Å². The van der Waals surface area contributed by atoms with Gasteiger partial charge in [0, 0.05) is 11.8 Å². The first kappa shape index (κ1) is 10.8. The highest BCUT2D eigenvalue weighted by Gasteiger charge is 2.05. The fraction of sp³-hybridized carbons (Fsp3) is 0.154. The number of hydrogen-bond donors (Lipinski definition) is 1. The SMILES string of the molecule is Cc1ccc(-c2cncc(F)c2)c(CO)c1. The molecule has 0 unspecified atom stereocenters. The van der Waals surface area contributed by atoms with E-state index in [9.17, 15) is 9.50 Å². The summed E-state index contributed by atoms with van der Waals surface area (Å²) >= 11 is 0. The van der Waals surface area contributed by atoms with Crippen LogP contribution in [-0.4, -0.2) is 10.1 Å². The summed E-state index contributed by atoms with van der Waals surface area (Å²) in [4.78, 5) is 3.80. The molecule has 0 aliphatic carbocycles. The number of pyridine rings is 1. The number of aliphatic hydroxyl groups excluding tert-OH is 1. The van der Waals surface area contributed by atoms with Gasteiger partial charge in [0.1, 0.15) is 5.82 Å². The van der Waals surface area contributed by atoms with Crippen LogP contribution in [0.25, 0.3) is 11.1 Å². The first-order valence-corrected chi connectivity index (χ1v) is 5.02. The van der Waals surface area contributed by atoms with Gasteiger partial charge in [0.25, 0.3) is 0 Å². The van der Waals surface area contributed by atoms with Gasteiger partial charge in [-0.05, 0) is 24.1 Å². The van der Waals surface area contributed by atoms with Gasteiger partial charge in [0.15, 0.2) is 0 Å². The highest BCUT2D eigenvalue weighted by atomic mass is 19.1. The Balaban J connectivity index is 2.55. The average Bonchev–Trinajstić information content (AvgIpc) is 2.28. The predicted molar refractivity (Wildman–Crippen MR) is 60.3 cm³/mol. The highest BCUT2D eigenvalue weighted by Crippen LogP contribution is 2.24. The van der Waals surface area contributed by atoms with Gasteiger partial charge >= 0.3 is 0 Å². The molecular formula is C13H12FNO. The summed E-state index contributed by atoms with van der Waals surface area (Å²) in [6, 6.07) is 7.10. The topological polar surface area (TPSA) is 33.1 Å². The summed E-state index contributed by atoms with van der Waals surface area (Å²) in [5.74, 6) is -0.373. The van der Waals surface area contributed by atoms with Crippen molar-refractivity contribution < 1.29 is 9.50 Å². The first-order chi connectivity index (χ1) is 7.70. The molecule has 1 aromatic carbocycles. The molecule has 0 saturated heterocycles. The van der Waals surface area contributed by atoms with E-state index in [0.29, 0.717) is 5.56 Å². The Morgan fingerprint density at radius 2 is 2.06 bits per heavy atom. The number of halogens is 1. The quantitative estimate of drug-likeness (QED) is 0.839. The van der Waals surface area contributed by atoms with Crippen molar-refractivity contribution in [2.45, 2.75) is 13.5 Å². The lowest BCUT2D eigenvalue weighted by atomic mass is 9.99. The lowest BCUT2D eigenvalue weighted by Gasteiger charge is -2.08. The summed E-state index contributed by atoms with van der Waals surface area (Å²) < 4.78 is 13.0. The van der Waals surface area contributed by atoms with Gasteiger partial charge in [-0.25, -0.2) is 4.39 Å². The molecule has 0 saturated carbocycles. The maximum absolute atomic E-state index is 13.0. The van der Waals surface area contributed by atoms with Crippen molar-refractivity contribution in [2.24, 2.45) is 0 Å². The summed E-state index contributed by atoms with van der Waals surface area (Å²) in [5.41, 5.74) is 3.36. The lowest BCUT2D eigenvalue weighted by molar-refractivity contribution is 0.282. The summed E-state index contributed by atoms with van der Waals surface area (Å²) in [5, 5.41) is 9.26. The van der Waals surface area contributed by atoms with Crippen LogP contribution in [0.3, 0.4) is 0 Å². The zero-order chi connectivity index (χ0) is 11.5. The Morgan fingerprint density at radius 3 is 2.75 bits per heavy atom. The standard InChI is InChI=1S/C13H12FNO/c1-9-2-3-13(11(4-9)8-16)10-5-12(14)7-15-6-10/h2-7,16H,8H2,1H3. The van der Waals surface area contributed by atoms with Crippen molar-refractivity contribution in [2.75, 3.05) is 0 Å². The van der Waals surface area contributed by atoms with Crippen molar-refractivity contribution in [1.82, 2.24) is 4.98 Å². The van der Waals surface area contributed by atoms with Gasteiger partial charge in [-0.1, -0.05) is 23.8 Å². The Morgan fingerprint density at radius 1 is 1.25 bits per heavy atom. The van der Waals surface area contributed by atoms with E-state index in [2.05, 4.69) is 4.98 Å². The van der Waals surface area contributed by atoms with E-state index < -0.39 is 0 Å². The molecule has 2 aromatic rings. The third kappa shape index (κ3) is 2.09. The number of hydrogen-bond acceptors (Lipinski definition) is 2. The van der Waals surface area contributed by atoms with Gasteiger partial charge in [0.2, 0.25) is 0 Å². The van der Waals surface area contributed by atoms with Crippen molar-refractivity contribution in [1.29, 1.82) is 0 Å². The van der Waals surface area contributed by atoms with Crippen LogP contribution < -0.4 is 0 Å². The number of aliphatic hydroxyl groups is 1. The molecule has 2 nitrogen and oxygen atoms in total. The molecule has 0 fully saturated rings. The minimum Gasteiger partial charge on any atom is -0.392 e. The molecule has 2 rings (SSSR count). The summed E-state index contributed by atoms with van der Waals surface area (Å²) in [7, 11) is 0. The van der Waals surface area contributed by atoms with Crippen LogP contribution in [0.4, 0.5) is 4.39 Å². The minimum absolute atomic E-state index is 0.0620. The molecule has 1 heterocycles. The number of aromatic nitrogens is 1. The molecule has 16 heavy (non-hydrogen) atoms. The highest BCUT2D eigenvalue weighted by molar-refractivity contribution is 5.66. The average molecular weight is 217 g/mol. The zero-order valence-corrected chi connectivity index (χ0v) is 8.94. The molecule has 0 bridgehead atoms. The van der Waals surface area contributed by atoms with Crippen LogP contribution in [0.15, 0.2) is 36.7 Å². The number of aryl methyl sites for hydroxylation is 1. The van der Waals surface area contributed by atoms with Crippen molar-refractivity contribution >= 4 is 0 Å². The molecule has 82 valence electrons. The van der Waals surface area contributed by atoms with Crippen LogP contribution in [0.5, 0.6) is 0 Å². The summed E-state index contributed by atoms with van der Waals surface area (Å²) in [6.45, 7) is 1.89. The van der Waals surface area contributed by atoms with Gasteiger partial charge in [0.05, 0.1) is 12.8 Å². The molecule has 0 aliphatic heterocycles. The number of nitrogens with zero attached hydrogens (tertiary/aromatic N) is 1. The van der Waals surface area contributed by atoms with E-state index in [-0.39, 0.29) is 12.4 Å². The van der Waals surface area contributed by atoms with Crippen LogP contribution in [-0.2, 0) is 6.61 Å². The molecule has 0 atom stereocenters. The summed E-state index contributed by atoms with van der Waals surface area (Å²) in [6.07, 6.45) is 2.75. The second-order valence-electron chi connectivity index (χ2n) is 3.71. The lowest BCUT2D eigenvalue weighted by Crippen LogP contribution is -1.92. The van der Waals surface area contributed by atoms with E-state index in [1.54, 1.807) is 6.20 Å². The second kappa shape index (κ2) is 4.41. The minimum atomic E-state index is -0.373. The third-order valence-electron chi connectivity index (χ3n) is 2.45. The van der Waals surface area contributed by atoms with Crippen molar-refractivity contribution in [3.05, 3.63) is 53.6 Å². The van der Waals surface area contributed by atoms with Gasteiger partial charge in [-0.15, -0.1) is 0 Å². The van der Waals surface area contributed by atoms with E-state index in [1.165, 1.54) is 6.07 Å². The zero-order valence-electron chi connectivity index (χ0n) is 8.94. The van der Waals surface area contributed by atoms with E-state index >= 15 is 0 Å². The van der Waals surface area contributed by atoms with Crippen LogP contribution >= 0.6 is 0 Å². The predicted octanol–water partition coefficient (Wildman–Crippen LogP) is 2.69. The molecule has 3 heteroatoms. The van der Waals surface area contributed by atoms with Crippen LogP contribution in [0, 0.1) is 12.7 Å². The van der Waals surface area contributed by atoms with Crippen LogP contribution in [0.1, 0.15) is 11.1 Å². The molecule has 1 N–H and O–H groups in total. The van der Waals surface area contributed by atoms with E-state index in [0.717, 1.165) is 22.9 Å². The Labute approximate surface area is 93.4 Å². The van der Waals surface area contributed by atoms with Gasteiger partial charge < -0.3 is 5.11 Å². The first-order valence-electron chi connectivity index (χ1n) is 5.02. The maximum atomic E-state index is 13.0. The molecule has 0 spiro atoms. The smallest absolute Gasteiger partial charge is 0.142 e. The molecule has 1 aromatic heterocycles. The molecule has 0 radical (unpaired) electrons. The molecule has 0 amide bonds. The van der Waals surface area contributed by atoms with Crippen LogP contribution in [0.2, 0.25) is 0 Å². The largest absolute Gasteiger partial charge is 0.392 e. The third-order valence-corrected chi connectivity index (χ3v) is 2.45. The van der Waals surface area contributed by atoms with Gasteiger partial charge in [-0.2, -0.15) is 0 Å². The Hall–Kier alpha value is -1.74. The Bertz CT molecular complexity index is 511. The normalized spacial score (nSPS) is 10.4. The fourth-order valence-electron chi connectivity index (χ4n) is 1.69. The molecular weight excluding hydrogens is 205 g/mol. The number of rotatable bonds is 2. The van der Waals surface area contributed by atoms with E-state index in [4.69, 9.17) is 0 Å². The fourth-order valence-corrected chi connectivity index (χ4v) is 1.69. The van der Waals surface area contributed by atoms with Gasteiger partial charge in [-0.3, -0.25) is 4.98 Å². The van der Waals surface area contributed by atoms with Crippen molar-refractivity contribution in [3.8, 4) is 11.1 Å². The second-order valence-corrected chi connectivity index (χ2v) is 3.71. The number of benzene rings is 1.